The summed E-state index contributed by atoms with van der Waals surface area (Å²) in [6.45, 7) is 2.14. The number of aryl methyl sites for hydroxylation is 3. The lowest BCUT2D eigenvalue weighted by atomic mass is 10.4. The Morgan fingerprint density at radius 1 is 1.26 bits per heavy atom. The van der Waals surface area contributed by atoms with Crippen molar-refractivity contribution < 1.29 is 0 Å². The number of nitrogens with zero attached hydrogens (tertiary/aromatic N) is 6. The molecule has 0 aliphatic rings. The largest absolute Gasteiger partial charge is 0.333 e. The van der Waals surface area contributed by atoms with Gasteiger partial charge in [-0.15, -0.1) is 6.42 Å². The highest BCUT2D eigenvalue weighted by atomic mass is 16.2. The van der Waals surface area contributed by atoms with E-state index in [2.05, 4.69) is 15.9 Å². The third-order valence-electron chi connectivity index (χ3n) is 3.85. The first-order valence-electron chi connectivity index (χ1n) is 7.11. The second kappa shape index (κ2) is 5.28. The van der Waals surface area contributed by atoms with Crippen LogP contribution in [-0.4, -0.2) is 28.2 Å². The van der Waals surface area contributed by atoms with E-state index in [0.29, 0.717) is 23.5 Å². The van der Waals surface area contributed by atoms with E-state index in [-0.39, 0.29) is 6.54 Å². The lowest BCUT2D eigenvalue weighted by Crippen LogP contribution is -2.40. The Bertz CT molecular complexity index is 1060. The number of hydrogen-bond donors (Lipinski definition) is 0. The summed E-state index contributed by atoms with van der Waals surface area (Å²) in [7, 11) is 3.58. The maximum Gasteiger partial charge on any atom is 0.333 e. The normalized spacial score (nSPS) is 11.0. The van der Waals surface area contributed by atoms with Crippen molar-refractivity contribution in [1.82, 2.24) is 28.2 Å². The van der Waals surface area contributed by atoms with E-state index in [1.807, 2.05) is 14.0 Å². The number of imidazole rings is 2. The van der Waals surface area contributed by atoms with Crippen LogP contribution in [0.3, 0.4) is 0 Å². The molecule has 3 rings (SSSR count). The highest BCUT2D eigenvalue weighted by Gasteiger charge is 2.20. The zero-order valence-electron chi connectivity index (χ0n) is 13.1. The second-order valence-corrected chi connectivity index (χ2v) is 5.18. The minimum absolute atomic E-state index is 0.0696. The predicted molar refractivity (Wildman–Crippen MR) is 85.9 cm³/mol. The van der Waals surface area contributed by atoms with Gasteiger partial charge in [-0.2, -0.15) is 0 Å². The fourth-order valence-corrected chi connectivity index (χ4v) is 2.68. The monoisotopic (exact) mass is 312 g/mol. The molecule has 0 unspecified atom stereocenters. The molecule has 0 aliphatic carbocycles. The van der Waals surface area contributed by atoms with E-state index < -0.39 is 11.2 Å². The van der Waals surface area contributed by atoms with E-state index in [4.69, 9.17) is 6.42 Å². The minimum atomic E-state index is -0.447. The average Bonchev–Trinajstić information content (AvgIpc) is 3.08. The Labute approximate surface area is 131 Å². The molecular formula is C15H16N6O2. The molecule has 0 bridgehead atoms. The molecule has 0 fully saturated rings. The van der Waals surface area contributed by atoms with Crippen molar-refractivity contribution in [3.05, 3.63) is 33.4 Å². The minimum Gasteiger partial charge on any atom is -0.331 e. The molecule has 0 aromatic carbocycles. The van der Waals surface area contributed by atoms with Crippen molar-refractivity contribution in [2.24, 2.45) is 14.1 Å². The Kier molecular flexibility index (Phi) is 3.41. The number of fused-ring (bicyclic) bond motifs is 1. The van der Waals surface area contributed by atoms with E-state index >= 15 is 0 Å². The topological polar surface area (TPSA) is 79.6 Å². The molecule has 0 saturated carbocycles. The van der Waals surface area contributed by atoms with Crippen LogP contribution in [0.25, 0.3) is 22.7 Å². The van der Waals surface area contributed by atoms with Crippen molar-refractivity contribution in [3.63, 3.8) is 0 Å². The third-order valence-corrected chi connectivity index (χ3v) is 3.85. The number of hydrogen-bond acceptors (Lipinski definition) is 4. The summed E-state index contributed by atoms with van der Waals surface area (Å²) in [5.74, 6) is 2.92. The van der Waals surface area contributed by atoms with Gasteiger partial charge in [0.05, 0.1) is 19.1 Å². The molecule has 8 heteroatoms. The van der Waals surface area contributed by atoms with Gasteiger partial charge in [0.25, 0.3) is 5.56 Å². The maximum atomic E-state index is 12.7. The molecule has 3 aromatic rings. The van der Waals surface area contributed by atoms with E-state index in [9.17, 15) is 9.59 Å². The van der Waals surface area contributed by atoms with Gasteiger partial charge in [-0.05, 0) is 6.92 Å². The van der Waals surface area contributed by atoms with Gasteiger partial charge in [-0.3, -0.25) is 9.36 Å². The molecule has 3 heterocycles. The van der Waals surface area contributed by atoms with Crippen LogP contribution in [0.4, 0.5) is 0 Å². The summed E-state index contributed by atoms with van der Waals surface area (Å²) in [5.41, 5.74) is 0.572. The predicted octanol–water partition coefficient (Wildman–Crippen LogP) is -0.0497. The second-order valence-electron chi connectivity index (χ2n) is 5.18. The van der Waals surface area contributed by atoms with Gasteiger partial charge in [0.1, 0.15) is 5.69 Å². The van der Waals surface area contributed by atoms with E-state index in [0.717, 1.165) is 10.3 Å². The van der Waals surface area contributed by atoms with Gasteiger partial charge in [-0.25, -0.2) is 19.3 Å². The van der Waals surface area contributed by atoms with E-state index in [1.165, 1.54) is 4.57 Å². The van der Waals surface area contributed by atoms with Crippen LogP contribution in [0.1, 0.15) is 6.92 Å². The number of aromatic nitrogens is 6. The van der Waals surface area contributed by atoms with Crippen molar-refractivity contribution in [1.29, 1.82) is 0 Å². The summed E-state index contributed by atoms with van der Waals surface area (Å²) in [4.78, 5) is 33.7. The van der Waals surface area contributed by atoms with Crippen LogP contribution >= 0.6 is 0 Å². The Balaban J connectivity index is 2.48. The zero-order chi connectivity index (χ0) is 16.7. The molecule has 0 radical (unpaired) electrons. The molecule has 0 saturated heterocycles. The van der Waals surface area contributed by atoms with Crippen LogP contribution in [0.2, 0.25) is 0 Å². The number of rotatable bonds is 3. The van der Waals surface area contributed by atoms with Crippen LogP contribution in [0.5, 0.6) is 0 Å². The summed E-state index contributed by atoms with van der Waals surface area (Å²) in [5, 5.41) is 0. The van der Waals surface area contributed by atoms with Gasteiger partial charge in [0, 0.05) is 20.6 Å². The van der Waals surface area contributed by atoms with Gasteiger partial charge in [0.15, 0.2) is 17.0 Å². The molecule has 0 aliphatic heterocycles. The summed E-state index contributed by atoms with van der Waals surface area (Å²) in [6.07, 6.45) is 8.60. The summed E-state index contributed by atoms with van der Waals surface area (Å²) >= 11 is 0. The SMILES string of the molecule is C#CCn1c(=O)c2c(nc(-c3cncn3C)n2C)n(CC)c1=O. The first-order valence-corrected chi connectivity index (χ1v) is 7.11. The smallest absolute Gasteiger partial charge is 0.331 e. The van der Waals surface area contributed by atoms with Crippen molar-refractivity contribution >= 4 is 11.2 Å². The molecule has 0 atom stereocenters. The van der Waals surface area contributed by atoms with Crippen LogP contribution in [0, 0.1) is 12.3 Å². The fraction of sp³-hybridized carbons (Fsp3) is 0.333. The molecule has 23 heavy (non-hydrogen) atoms. The van der Waals surface area contributed by atoms with Crippen LogP contribution in [-0.2, 0) is 27.2 Å². The number of terminal acetylenes is 1. The Morgan fingerprint density at radius 3 is 2.57 bits per heavy atom. The van der Waals surface area contributed by atoms with Gasteiger partial charge < -0.3 is 9.13 Å². The lowest BCUT2D eigenvalue weighted by Gasteiger charge is -2.07. The Hall–Kier alpha value is -3.08. The van der Waals surface area contributed by atoms with Gasteiger partial charge in [0.2, 0.25) is 0 Å². The molecule has 0 spiro atoms. The summed E-state index contributed by atoms with van der Waals surface area (Å²) in [6, 6.07) is 0. The highest BCUT2D eigenvalue weighted by Crippen LogP contribution is 2.20. The molecule has 0 amide bonds. The van der Waals surface area contributed by atoms with Crippen LogP contribution < -0.4 is 11.2 Å². The Morgan fingerprint density at radius 2 is 2.00 bits per heavy atom. The molecule has 0 N–H and O–H groups in total. The van der Waals surface area contributed by atoms with Gasteiger partial charge >= 0.3 is 5.69 Å². The standard InChI is InChI=1S/C15H16N6O2/c1-5-7-21-14(22)11-13(20(6-2)15(21)23)17-12(19(11)4)10-8-16-9-18(10)3/h1,8-9H,6-7H2,2-4H3. The van der Waals surface area contributed by atoms with Crippen molar-refractivity contribution in [2.75, 3.05) is 0 Å². The lowest BCUT2D eigenvalue weighted by molar-refractivity contribution is 0.630. The first kappa shape index (κ1) is 14.8. The fourth-order valence-electron chi connectivity index (χ4n) is 2.68. The maximum absolute atomic E-state index is 12.7. The average molecular weight is 312 g/mol. The van der Waals surface area contributed by atoms with Crippen molar-refractivity contribution in [2.45, 2.75) is 20.0 Å². The first-order chi connectivity index (χ1) is 11.0. The van der Waals surface area contributed by atoms with Gasteiger partial charge in [-0.1, -0.05) is 5.92 Å². The molecule has 8 nitrogen and oxygen atoms in total. The van der Waals surface area contributed by atoms with E-state index in [1.54, 1.807) is 28.7 Å². The quantitative estimate of drug-likeness (QED) is 0.635. The molecule has 118 valence electrons. The summed E-state index contributed by atoms with van der Waals surface area (Å²) < 4.78 is 5.98. The highest BCUT2D eigenvalue weighted by molar-refractivity contribution is 5.76. The third kappa shape index (κ3) is 2.01. The molecule has 3 aromatic heterocycles. The zero-order valence-corrected chi connectivity index (χ0v) is 13.1. The van der Waals surface area contributed by atoms with Crippen molar-refractivity contribution in [3.8, 4) is 23.9 Å². The molecular weight excluding hydrogens is 296 g/mol. The van der Waals surface area contributed by atoms with Crippen LogP contribution in [0.15, 0.2) is 22.1 Å².